The van der Waals surface area contributed by atoms with Crippen LogP contribution in [0.4, 0.5) is 0 Å². The van der Waals surface area contributed by atoms with Gasteiger partial charge in [-0.2, -0.15) is 0 Å². The summed E-state index contributed by atoms with van der Waals surface area (Å²) in [5.41, 5.74) is 0. The van der Waals surface area contributed by atoms with Crippen LogP contribution in [0.1, 0.15) is 0 Å². The van der Waals surface area contributed by atoms with Gasteiger partial charge in [-0.3, -0.25) is 14.4 Å². The molecule has 20 heteroatoms. The molecule has 0 aromatic rings. The minimum atomic E-state index is -2.62. The first-order valence-electron chi connectivity index (χ1n) is 10.5. The Kier molecular flexibility index (Phi) is 11.6. The van der Waals surface area contributed by atoms with Gasteiger partial charge < -0.3 is 79.1 Å². The van der Waals surface area contributed by atoms with Crippen molar-refractivity contribution < 1.29 is 98.3 Å². The Morgan fingerprint density at radius 2 is 1.24 bits per heavy atom. The second-order valence-electron chi connectivity index (χ2n) is 7.76. The van der Waals surface area contributed by atoms with Crippen LogP contribution in [0.25, 0.3) is 0 Å². The van der Waals surface area contributed by atoms with Crippen LogP contribution >= 0.6 is 0 Å². The van der Waals surface area contributed by atoms with Crippen molar-refractivity contribution in [2.45, 2.75) is 86.4 Å². The van der Waals surface area contributed by atoms with Gasteiger partial charge in [0.2, 0.25) is 18.9 Å². The van der Waals surface area contributed by atoms with Gasteiger partial charge in [0, 0.05) is 0 Å². The van der Waals surface area contributed by atoms with Crippen LogP contribution in [0.2, 0.25) is 0 Å². The number of hydrogen-bond acceptors (Lipinski definition) is 19. The second-order valence-corrected chi connectivity index (χ2v) is 7.76. The highest BCUT2D eigenvalue weighted by atomic mass is 16.8. The van der Waals surface area contributed by atoms with Crippen molar-refractivity contribution in [1.29, 1.82) is 0 Å². The lowest BCUT2D eigenvalue weighted by molar-refractivity contribution is -0.402. The number of aliphatic carboxylic acids is 1. The van der Waals surface area contributed by atoms with Gasteiger partial charge in [-0.25, -0.2) is 4.79 Å². The number of carbonyl (C=O) groups excluding carboxylic acids is 3. The fourth-order valence-electron chi connectivity index (χ4n) is 3.41. The molecule has 9 N–H and O–H groups in total. The van der Waals surface area contributed by atoms with Gasteiger partial charge in [0.25, 0.3) is 19.4 Å². The van der Waals surface area contributed by atoms with Crippen molar-refractivity contribution in [3.05, 3.63) is 0 Å². The summed E-state index contributed by atoms with van der Waals surface area (Å²) < 4.78 is 33.6. The standard InChI is InChI=1S/C18H26O20/c19-1-32-14(31)11(5(23)7(25)13(29)30)35-17-10(28)6(24)12(18(38-17)34-3-21)36-16-9(27)4(22)8(26)15(37-16)33-2-20/h1-12,14-18,22-28,31H,(H,29,30)/t4?,5?,6?,7?,8-,9?,10+,11-,12-,14-,15+,16+,17+,18?/m0/s1. The molecule has 2 saturated heterocycles. The Morgan fingerprint density at radius 1 is 0.711 bits per heavy atom. The molecule has 20 nitrogen and oxygen atoms in total. The lowest BCUT2D eigenvalue weighted by Gasteiger charge is -2.45. The number of hydrogen-bond donors (Lipinski definition) is 9. The zero-order valence-corrected chi connectivity index (χ0v) is 18.8. The van der Waals surface area contributed by atoms with E-state index in [-0.39, 0.29) is 19.4 Å². The average Bonchev–Trinajstić information content (AvgIpc) is 2.88. The van der Waals surface area contributed by atoms with Crippen LogP contribution in [-0.2, 0) is 52.3 Å². The van der Waals surface area contributed by atoms with E-state index in [0.717, 1.165) is 0 Å². The summed E-state index contributed by atoms with van der Waals surface area (Å²) in [7, 11) is 0. The van der Waals surface area contributed by atoms with Crippen molar-refractivity contribution in [2.75, 3.05) is 0 Å². The molecule has 218 valence electrons. The largest absolute Gasteiger partial charge is 0.479 e. The maximum Gasteiger partial charge on any atom is 0.335 e. The van der Waals surface area contributed by atoms with E-state index in [1.54, 1.807) is 0 Å². The van der Waals surface area contributed by atoms with E-state index in [1.165, 1.54) is 0 Å². The third-order valence-corrected chi connectivity index (χ3v) is 5.38. The van der Waals surface area contributed by atoms with Gasteiger partial charge in [-0.1, -0.05) is 0 Å². The SMILES string of the molecule is O=COC1O[C@@H](O[C@@H](C(O)C(O)C(=O)O)[C@@H](O)OC=O)[C@H](O)C(O)[C@@H]1O[C@@H]1O[C@@H](OC=O)[C@@H](O)C(O)C1O. The van der Waals surface area contributed by atoms with Crippen LogP contribution in [0.5, 0.6) is 0 Å². The van der Waals surface area contributed by atoms with Gasteiger partial charge in [0.15, 0.2) is 30.9 Å². The molecule has 0 amide bonds. The predicted octanol–water partition coefficient (Wildman–Crippen LogP) is -7.43. The van der Waals surface area contributed by atoms with Gasteiger partial charge in [-0.05, 0) is 0 Å². The van der Waals surface area contributed by atoms with E-state index >= 15 is 0 Å². The first-order valence-corrected chi connectivity index (χ1v) is 10.5. The van der Waals surface area contributed by atoms with E-state index in [9.17, 15) is 60.0 Å². The predicted molar refractivity (Wildman–Crippen MR) is 104 cm³/mol. The summed E-state index contributed by atoms with van der Waals surface area (Å²) in [6, 6.07) is 0. The fraction of sp³-hybridized carbons (Fsp3) is 0.778. The second kappa shape index (κ2) is 14.0. The highest BCUT2D eigenvalue weighted by Crippen LogP contribution is 2.31. The van der Waals surface area contributed by atoms with Gasteiger partial charge in [0.1, 0.15) is 36.6 Å². The molecule has 0 aromatic carbocycles. The normalized spacial score (nSPS) is 38.6. The smallest absolute Gasteiger partial charge is 0.335 e. The van der Waals surface area contributed by atoms with Crippen molar-refractivity contribution in [2.24, 2.45) is 0 Å². The molecule has 2 fully saturated rings. The zero-order chi connectivity index (χ0) is 28.7. The molecule has 6 unspecified atom stereocenters. The summed E-state index contributed by atoms with van der Waals surface area (Å²) in [4.78, 5) is 43.2. The molecular weight excluding hydrogens is 536 g/mol. The molecular formula is C18H26O20. The molecule has 0 bridgehead atoms. The molecule has 0 spiro atoms. The Hall–Kier alpha value is -2.60. The summed E-state index contributed by atoms with van der Waals surface area (Å²) in [6.45, 7) is -0.728. The Balaban J connectivity index is 2.26. The number of carboxylic acid groups (broad SMARTS) is 1. The van der Waals surface area contributed by atoms with E-state index in [4.69, 9.17) is 24.1 Å². The number of rotatable bonds is 14. The van der Waals surface area contributed by atoms with Crippen molar-refractivity contribution in [3.63, 3.8) is 0 Å². The van der Waals surface area contributed by atoms with Crippen molar-refractivity contribution >= 4 is 25.4 Å². The van der Waals surface area contributed by atoms with E-state index in [2.05, 4.69) is 14.2 Å². The average molecular weight is 562 g/mol. The highest BCUT2D eigenvalue weighted by molar-refractivity contribution is 5.72. The van der Waals surface area contributed by atoms with Gasteiger partial charge in [0.05, 0.1) is 0 Å². The number of ether oxygens (including phenoxy) is 7. The Morgan fingerprint density at radius 3 is 1.79 bits per heavy atom. The van der Waals surface area contributed by atoms with Gasteiger partial charge >= 0.3 is 5.97 Å². The maximum absolute atomic E-state index is 11.0. The van der Waals surface area contributed by atoms with Gasteiger partial charge in [-0.15, -0.1) is 0 Å². The third-order valence-electron chi connectivity index (χ3n) is 5.38. The number of aliphatic hydroxyl groups is 8. The Bertz CT molecular complexity index is 796. The molecule has 0 saturated carbocycles. The third kappa shape index (κ3) is 7.07. The lowest BCUT2D eigenvalue weighted by atomic mass is 10.0. The topological polar surface area (TPSA) is 315 Å². The van der Waals surface area contributed by atoms with Crippen molar-refractivity contribution in [1.82, 2.24) is 0 Å². The Labute approximate surface area is 211 Å². The molecule has 0 radical (unpaired) electrons. The minimum absolute atomic E-state index is 0.160. The van der Waals surface area contributed by atoms with Crippen LogP contribution < -0.4 is 0 Å². The monoisotopic (exact) mass is 562 g/mol. The van der Waals surface area contributed by atoms with E-state index in [1.807, 2.05) is 0 Å². The first kappa shape index (κ1) is 31.6. The minimum Gasteiger partial charge on any atom is -0.479 e. The quantitative estimate of drug-likeness (QED) is 0.0539. The molecule has 0 aliphatic carbocycles. The maximum atomic E-state index is 11.0. The first-order chi connectivity index (χ1) is 17.9. The summed E-state index contributed by atoms with van der Waals surface area (Å²) >= 11 is 0. The number of carbonyl (C=O) groups is 4. The summed E-state index contributed by atoms with van der Waals surface area (Å²) in [6.07, 6.45) is -30.6. The van der Waals surface area contributed by atoms with E-state index in [0.29, 0.717) is 0 Å². The zero-order valence-electron chi connectivity index (χ0n) is 18.8. The fourth-order valence-corrected chi connectivity index (χ4v) is 3.41. The van der Waals surface area contributed by atoms with Crippen LogP contribution in [-0.4, -0.2) is 158 Å². The molecule has 2 aliphatic heterocycles. The van der Waals surface area contributed by atoms with Crippen molar-refractivity contribution in [3.8, 4) is 0 Å². The molecule has 2 rings (SSSR count). The number of aliphatic hydroxyl groups excluding tert-OH is 8. The lowest BCUT2D eigenvalue weighted by Crippen LogP contribution is -2.65. The molecule has 2 aliphatic rings. The summed E-state index contributed by atoms with van der Waals surface area (Å²) in [5.74, 6) is -2.00. The van der Waals surface area contributed by atoms with Crippen LogP contribution in [0.3, 0.4) is 0 Å². The van der Waals surface area contributed by atoms with Crippen LogP contribution in [0, 0.1) is 0 Å². The van der Waals surface area contributed by atoms with E-state index < -0.39 is 92.4 Å². The molecule has 2 heterocycles. The highest BCUT2D eigenvalue weighted by Gasteiger charge is 2.53. The van der Waals surface area contributed by atoms with Crippen LogP contribution in [0.15, 0.2) is 0 Å². The molecule has 14 atom stereocenters. The summed E-state index contributed by atoms with van der Waals surface area (Å²) in [5, 5.41) is 89.4. The molecule has 38 heavy (non-hydrogen) atoms. The molecule has 0 aromatic heterocycles. The number of carboxylic acids is 1.